The van der Waals surface area contributed by atoms with Crippen molar-refractivity contribution in [3.63, 3.8) is 0 Å². The third-order valence-corrected chi connectivity index (χ3v) is 6.57. The fraction of sp³-hybridized carbons (Fsp3) is 0.542. The minimum absolute atomic E-state index is 0.0836. The second-order valence-electron chi connectivity index (χ2n) is 9.25. The highest BCUT2D eigenvalue weighted by molar-refractivity contribution is 5.75. The molecule has 4 rings (SSSR count). The molecule has 1 aromatic carbocycles. The van der Waals surface area contributed by atoms with E-state index in [4.69, 9.17) is 0 Å². The van der Waals surface area contributed by atoms with Crippen LogP contribution in [0.1, 0.15) is 37.9 Å². The first-order valence-corrected chi connectivity index (χ1v) is 11.7. The zero-order valence-corrected chi connectivity index (χ0v) is 19.5. The number of carbonyl (C=O) groups excluding carboxylic acids is 1. The van der Waals surface area contributed by atoms with E-state index in [0.717, 1.165) is 44.9 Å². The predicted octanol–water partition coefficient (Wildman–Crippen LogP) is 3.77. The number of nitrogens with one attached hydrogen (secondary N) is 1. The second kappa shape index (κ2) is 10.2. The second-order valence-corrected chi connectivity index (χ2v) is 9.25. The maximum atomic E-state index is 13.1. The largest absolute Gasteiger partial charge is 0.434 e. The van der Waals surface area contributed by atoms with Crippen LogP contribution in [0.15, 0.2) is 42.7 Å². The lowest BCUT2D eigenvalue weighted by atomic mass is 10.0. The highest BCUT2D eigenvalue weighted by Crippen LogP contribution is 2.28. The van der Waals surface area contributed by atoms with Crippen molar-refractivity contribution in [3.05, 3.63) is 54.0 Å². The minimum atomic E-state index is -4.51. The molecule has 2 fully saturated rings. The zero-order valence-electron chi connectivity index (χ0n) is 19.5. The van der Waals surface area contributed by atoms with Crippen LogP contribution in [0.4, 0.5) is 23.8 Å². The summed E-state index contributed by atoms with van der Waals surface area (Å²) in [6.45, 7) is 7.64. The molecule has 0 saturated carbocycles. The topological polar surface area (TPSA) is 64.6 Å². The summed E-state index contributed by atoms with van der Waals surface area (Å²) in [6, 6.07) is 10.2. The quantitative estimate of drug-likeness (QED) is 0.728. The maximum Gasteiger partial charge on any atom is 0.434 e. The average Bonchev–Trinajstić information content (AvgIpc) is 2.80. The normalized spacial score (nSPS) is 22.6. The first-order valence-electron chi connectivity index (χ1n) is 11.7. The van der Waals surface area contributed by atoms with Gasteiger partial charge in [-0.05, 0) is 32.3 Å². The molecular formula is C24H31F3N6O. The molecular weight excluding hydrogens is 445 g/mol. The van der Waals surface area contributed by atoms with Crippen molar-refractivity contribution in [2.75, 3.05) is 31.1 Å². The van der Waals surface area contributed by atoms with Gasteiger partial charge in [-0.25, -0.2) is 14.8 Å². The molecule has 0 unspecified atom stereocenters. The standard InChI is InChI=1S/C24H31F3N6O/c1-17-14-32(22-13-28-21(12-29-22)24(25,26)27)15-18(2)33(17)23(34)30-20-8-10-31(11-9-20)16-19-6-4-3-5-7-19/h3-7,12-13,17-18,20H,8-11,14-16H2,1-2H3,(H,30,34)/t17-,18-/m1/s1. The summed E-state index contributed by atoms with van der Waals surface area (Å²) in [6.07, 6.45) is -0.791. The van der Waals surface area contributed by atoms with Crippen LogP contribution in [0.3, 0.4) is 0 Å². The van der Waals surface area contributed by atoms with Gasteiger partial charge in [-0.1, -0.05) is 30.3 Å². The van der Waals surface area contributed by atoms with Crippen molar-refractivity contribution in [2.24, 2.45) is 0 Å². The number of anilines is 1. The van der Waals surface area contributed by atoms with Gasteiger partial charge in [0.05, 0.1) is 12.4 Å². The van der Waals surface area contributed by atoms with Crippen LogP contribution in [-0.4, -0.2) is 70.1 Å². The molecule has 1 aromatic heterocycles. The molecule has 0 bridgehead atoms. The van der Waals surface area contributed by atoms with Gasteiger partial charge in [0.1, 0.15) is 5.82 Å². The number of halogens is 3. The van der Waals surface area contributed by atoms with Crippen LogP contribution < -0.4 is 10.2 Å². The van der Waals surface area contributed by atoms with Gasteiger partial charge in [-0.15, -0.1) is 0 Å². The van der Waals surface area contributed by atoms with Crippen LogP contribution >= 0.6 is 0 Å². The number of aromatic nitrogens is 2. The molecule has 7 nitrogen and oxygen atoms in total. The van der Waals surface area contributed by atoms with Crippen LogP contribution in [0.25, 0.3) is 0 Å². The lowest BCUT2D eigenvalue weighted by molar-refractivity contribution is -0.141. The Morgan fingerprint density at radius 1 is 1.03 bits per heavy atom. The van der Waals surface area contributed by atoms with Gasteiger partial charge < -0.3 is 15.1 Å². The van der Waals surface area contributed by atoms with Crippen molar-refractivity contribution in [3.8, 4) is 0 Å². The van der Waals surface area contributed by atoms with Crippen molar-refractivity contribution in [2.45, 2.75) is 57.5 Å². The van der Waals surface area contributed by atoms with E-state index in [0.29, 0.717) is 18.9 Å². The Morgan fingerprint density at radius 3 is 2.24 bits per heavy atom. The fourth-order valence-electron chi connectivity index (χ4n) is 4.87. The highest BCUT2D eigenvalue weighted by Gasteiger charge is 2.36. The maximum absolute atomic E-state index is 13.1. The third-order valence-electron chi connectivity index (χ3n) is 6.57. The Labute approximate surface area is 198 Å². The third kappa shape index (κ3) is 5.78. The first kappa shape index (κ1) is 24.3. The van der Waals surface area contributed by atoms with Gasteiger partial charge >= 0.3 is 12.2 Å². The minimum Gasteiger partial charge on any atom is -0.351 e. The Hall–Kier alpha value is -2.88. The Kier molecular flexibility index (Phi) is 7.25. The molecule has 2 atom stereocenters. The molecule has 0 radical (unpaired) electrons. The van der Waals surface area contributed by atoms with Crippen LogP contribution in [0, 0.1) is 0 Å². The highest BCUT2D eigenvalue weighted by atomic mass is 19.4. The van der Waals surface area contributed by atoms with Crippen molar-refractivity contribution in [1.29, 1.82) is 0 Å². The molecule has 3 heterocycles. The van der Waals surface area contributed by atoms with Gasteiger partial charge in [0, 0.05) is 50.8 Å². The first-order chi connectivity index (χ1) is 16.2. The number of urea groups is 1. The van der Waals surface area contributed by atoms with E-state index in [1.54, 1.807) is 0 Å². The van der Waals surface area contributed by atoms with E-state index >= 15 is 0 Å². The zero-order chi connectivity index (χ0) is 24.3. The summed E-state index contributed by atoms with van der Waals surface area (Å²) in [4.78, 5) is 26.7. The Bertz CT molecular complexity index is 935. The lowest BCUT2D eigenvalue weighted by Gasteiger charge is -2.45. The molecule has 2 saturated heterocycles. The molecule has 2 aromatic rings. The van der Waals surface area contributed by atoms with Gasteiger partial charge in [-0.2, -0.15) is 13.2 Å². The summed E-state index contributed by atoms with van der Waals surface area (Å²) in [5.41, 5.74) is 0.286. The summed E-state index contributed by atoms with van der Waals surface area (Å²) >= 11 is 0. The average molecular weight is 477 g/mol. The van der Waals surface area contributed by atoms with E-state index in [-0.39, 0.29) is 24.2 Å². The van der Waals surface area contributed by atoms with Crippen LogP contribution in [0.5, 0.6) is 0 Å². The van der Waals surface area contributed by atoms with Crippen molar-refractivity contribution >= 4 is 11.8 Å². The molecule has 184 valence electrons. The molecule has 34 heavy (non-hydrogen) atoms. The van der Waals surface area contributed by atoms with Crippen molar-refractivity contribution in [1.82, 2.24) is 25.1 Å². The number of benzene rings is 1. The monoisotopic (exact) mass is 476 g/mol. The summed E-state index contributed by atoms with van der Waals surface area (Å²) < 4.78 is 38.3. The summed E-state index contributed by atoms with van der Waals surface area (Å²) in [5.74, 6) is 0.387. The smallest absolute Gasteiger partial charge is 0.351 e. The number of hydrogen-bond donors (Lipinski definition) is 1. The SMILES string of the molecule is C[C@@H]1CN(c2cnc(C(F)(F)F)cn2)C[C@@H](C)N1C(=O)NC1CCN(Cc2ccccc2)CC1. The number of likely N-dealkylation sites (tertiary alicyclic amines) is 1. The number of nitrogens with zero attached hydrogens (tertiary/aromatic N) is 5. The van der Waals surface area contributed by atoms with Gasteiger partial charge in [-0.3, -0.25) is 4.90 Å². The molecule has 2 amide bonds. The van der Waals surface area contributed by atoms with E-state index in [2.05, 4.69) is 44.5 Å². The number of rotatable bonds is 4. The molecule has 0 aliphatic carbocycles. The fourth-order valence-corrected chi connectivity index (χ4v) is 4.87. The number of piperazine rings is 1. The Balaban J connectivity index is 1.28. The number of amides is 2. The van der Waals surface area contributed by atoms with Crippen LogP contribution in [0.2, 0.25) is 0 Å². The van der Waals surface area contributed by atoms with E-state index in [9.17, 15) is 18.0 Å². The predicted molar refractivity (Wildman–Crippen MR) is 123 cm³/mol. The van der Waals surface area contributed by atoms with E-state index in [1.165, 1.54) is 5.56 Å². The van der Waals surface area contributed by atoms with Gasteiger partial charge in [0.15, 0.2) is 5.69 Å². The van der Waals surface area contributed by atoms with E-state index in [1.807, 2.05) is 29.7 Å². The molecule has 10 heteroatoms. The molecule has 1 N–H and O–H groups in total. The molecule has 2 aliphatic heterocycles. The van der Waals surface area contributed by atoms with E-state index < -0.39 is 11.9 Å². The van der Waals surface area contributed by atoms with Crippen molar-refractivity contribution < 1.29 is 18.0 Å². The van der Waals surface area contributed by atoms with Gasteiger partial charge in [0.2, 0.25) is 0 Å². The summed E-state index contributed by atoms with van der Waals surface area (Å²) in [7, 11) is 0. The van der Waals surface area contributed by atoms with Gasteiger partial charge in [0.25, 0.3) is 0 Å². The number of alkyl halides is 3. The number of hydrogen-bond acceptors (Lipinski definition) is 5. The molecule has 0 spiro atoms. The molecule has 2 aliphatic rings. The number of carbonyl (C=O) groups is 1. The van der Waals surface area contributed by atoms with Crippen LogP contribution in [-0.2, 0) is 12.7 Å². The summed E-state index contributed by atoms with van der Waals surface area (Å²) in [5, 5.41) is 3.20. The number of piperidine rings is 1. The lowest BCUT2D eigenvalue weighted by Crippen LogP contribution is -2.62. The Morgan fingerprint density at radius 2 is 1.68 bits per heavy atom.